The van der Waals surface area contributed by atoms with E-state index in [1.165, 1.54) is 17.3 Å². The molecule has 3 N–H and O–H groups in total. The Morgan fingerprint density at radius 3 is 2.63 bits per heavy atom. The zero-order valence-electron chi connectivity index (χ0n) is 11.0. The Hall–Kier alpha value is -2.29. The molecule has 2 aromatic heterocycles. The minimum Gasteiger partial charge on any atom is -0.460 e. The average Bonchev–Trinajstić information content (AvgIpc) is 2.92. The van der Waals surface area contributed by atoms with Crippen LogP contribution in [0.1, 0.15) is 20.8 Å². The van der Waals surface area contributed by atoms with Crippen molar-refractivity contribution in [2.45, 2.75) is 26.9 Å². The van der Waals surface area contributed by atoms with Crippen molar-refractivity contribution in [1.29, 1.82) is 0 Å². The van der Waals surface area contributed by atoms with E-state index in [9.17, 15) is 0 Å². The summed E-state index contributed by atoms with van der Waals surface area (Å²) in [6, 6.07) is 0.189. The third-order valence-corrected chi connectivity index (χ3v) is 2.59. The molecule has 2 rings (SSSR count). The molecular formula is C10H16N8O. The fraction of sp³-hybridized carbons (Fsp3) is 0.500. The highest BCUT2D eigenvalue weighted by Gasteiger charge is 2.14. The minimum atomic E-state index is -0.0309. The number of hydrazine groups is 1. The Balaban J connectivity index is 2.31. The van der Waals surface area contributed by atoms with E-state index in [1.54, 1.807) is 0 Å². The van der Waals surface area contributed by atoms with Crippen LogP contribution in [0, 0.1) is 5.92 Å². The lowest BCUT2D eigenvalue weighted by Gasteiger charge is -2.16. The van der Waals surface area contributed by atoms with Crippen LogP contribution in [0.5, 0.6) is 6.01 Å². The van der Waals surface area contributed by atoms with Gasteiger partial charge in [0.15, 0.2) is 0 Å². The molecular weight excluding hydrogens is 248 g/mol. The van der Waals surface area contributed by atoms with Gasteiger partial charge in [-0.2, -0.15) is 24.7 Å². The molecule has 1 unspecified atom stereocenters. The summed E-state index contributed by atoms with van der Waals surface area (Å²) in [4.78, 5) is 16.1. The molecule has 9 heteroatoms. The van der Waals surface area contributed by atoms with Gasteiger partial charge in [-0.3, -0.25) is 5.43 Å². The van der Waals surface area contributed by atoms with Gasteiger partial charge in [-0.25, -0.2) is 10.8 Å². The number of nitrogen functional groups attached to an aromatic ring is 1. The predicted molar refractivity (Wildman–Crippen MR) is 67.5 cm³/mol. The zero-order chi connectivity index (χ0) is 13.8. The molecule has 0 aliphatic carbocycles. The van der Waals surface area contributed by atoms with Crippen molar-refractivity contribution in [3.05, 3.63) is 12.7 Å². The third kappa shape index (κ3) is 3.13. The van der Waals surface area contributed by atoms with Crippen molar-refractivity contribution in [3.8, 4) is 12.0 Å². The van der Waals surface area contributed by atoms with Crippen molar-refractivity contribution in [2.75, 3.05) is 5.43 Å². The number of nitrogens with zero attached hydrogens (tertiary/aromatic N) is 6. The lowest BCUT2D eigenvalue weighted by molar-refractivity contribution is 0.155. The van der Waals surface area contributed by atoms with E-state index in [4.69, 9.17) is 10.6 Å². The molecule has 0 saturated heterocycles. The first kappa shape index (κ1) is 13.1. The SMILES string of the molecule is CC(C)C(C)Oc1nc(NN)nc(-n2cncn2)n1. The fourth-order valence-electron chi connectivity index (χ4n) is 1.18. The van der Waals surface area contributed by atoms with E-state index in [-0.39, 0.29) is 24.0 Å². The highest BCUT2D eigenvalue weighted by atomic mass is 16.5. The van der Waals surface area contributed by atoms with E-state index < -0.39 is 0 Å². The van der Waals surface area contributed by atoms with Gasteiger partial charge in [-0.05, 0) is 12.8 Å². The summed E-state index contributed by atoms with van der Waals surface area (Å²) in [5.41, 5.74) is 2.37. The van der Waals surface area contributed by atoms with Crippen LogP contribution >= 0.6 is 0 Å². The molecule has 2 heterocycles. The Morgan fingerprint density at radius 1 is 1.26 bits per heavy atom. The number of rotatable bonds is 5. The number of hydrogen-bond donors (Lipinski definition) is 2. The van der Waals surface area contributed by atoms with E-state index in [0.717, 1.165) is 0 Å². The molecule has 2 aromatic rings. The van der Waals surface area contributed by atoms with Crippen LogP contribution in [0.15, 0.2) is 12.7 Å². The maximum Gasteiger partial charge on any atom is 0.323 e. The maximum absolute atomic E-state index is 5.64. The number of hydrogen-bond acceptors (Lipinski definition) is 8. The lowest BCUT2D eigenvalue weighted by Crippen LogP contribution is -2.22. The van der Waals surface area contributed by atoms with Gasteiger partial charge in [0.05, 0.1) is 0 Å². The van der Waals surface area contributed by atoms with E-state index in [2.05, 4.69) is 30.5 Å². The van der Waals surface area contributed by atoms with E-state index in [1.807, 2.05) is 20.8 Å². The number of aromatic nitrogens is 6. The van der Waals surface area contributed by atoms with Gasteiger partial charge >= 0.3 is 6.01 Å². The normalized spacial score (nSPS) is 12.5. The number of nitrogens with two attached hydrogens (primary N) is 1. The molecule has 0 bridgehead atoms. The van der Waals surface area contributed by atoms with Crippen molar-refractivity contribution < 1.29 is 4.74 Å². The number of nitrogens with one attached hydrogen (secondary N) is 1. The second kappa shape index (κ2) is 5.57. The summed E-state index contributed by atoms with van der Waals surface area (Å²) in [7, 11) is 0. The number of anilines is 1. The van der Waals surface area contributed by atoms with Crippen LogP contribution in [0.2, 0.25) is 0 Å². The Kier molecular flexibility index (Phi) is 3.85. The van der Waals surface area contributed by atoms with Crippen LogP contribution in [0.3, 0.4) is 0 Å². The van der Waals surface area contributed by atoms with Gasteiger partial charge < -0.3 is 4.74 Å². The summed E-state index contributed by atoms with van der Waals surface area (Å²) in [5, 5.41) is 3.95. The van der Waals surface area contributed by atoms with Crippen LogP contribution in [0.4, 0.5) is 5.95 Å². The average molecular weight is 264 g/mol. The van der Waals surface area contributed by atoms with Gasteiger partial charge in [-0.1, -0.05) is 13.8 Å². The van der Waals surface area contributed by atoms with Gasteiger partial charge in [-0.15, -0.1) is 0 Å². The summed E-state index contributed by atoms with van der Waals surface area (Å²) in [6.45, 7) is 6.04. The van der Waals surface area contributed by atoms with Gasteiger partial charge in [0.2, 0.25) is 5.95 Å². The Labute approximate surface area is 110 Å². The van der Waals surface area contributed by atoms with E-state index in [0.29, 0.717) is 5.92 Å². The van der Waals surface area contributed by atoms with Gasteiger partial charge in [0.1, 0.15) is 18.8 Å². The maximum atomic E-state index is 5.64. The lowest BCUT2D eigenvalue weighted by atomic mass is 10.1. The largest absolute Gasteiger partial charge is 0.460 e. The monoisotopic (exact) mass is 264 g/mol. The molecule has 1 atom stereocenters. The third-order valence-electron chi connectivity index (χ3n) is 2.59. The number of ether oxygens (including phenoxy) is 1. The van der Waals surface area contributed by atoms with Crippen LogP contribution in [-0.2, 0) is 0 Å². The quantitative estimate of drug-likeness (QED) is 0.579. The molecule has 0 aliphatic heterocycles. The second-order valence-corrected chi connectivity index (χ2v) is 4.29. The van der Waals surface area contributed by atoms with Gasteiger partial charge in [0.25, 0.3) is 5.95 Å². The molecule has 0 saturated carbocycles. The molecule has 0 amide bonds. The summed E-state index contributed by atoms with van der Waals surface area (Å²) < 4.78 is 7.04. The Morgan fingerprint density at radius 2 is 2.05 bits per heavy atom. The van der Waals surface area contributed by atoms with Crippen LogP contribution < -0.4 is 16.0 Å². The van der Waals surface area contributed by atoms with Crippen molar-refractivity contribution in [3.63, 3.8) is 0 Å². The minimum absolute atomic E-state index is 0.0309. The van der Waals surface area contributed by atoms with Crippen molar-refractivity contribution >= 4 is 5.95 Å². The fourth-order valence-corrected chi connectivity index (χ4v) is 1.18. The predicted octanol–water partition coefficient (Wildman–Crippen LogP) is 0.161. The summed E-state index contributed by atoms with van der Waals surface area (Å²) >= 11 is 0. The standard InChI is InChI=1S/C10H16N8O/c1-6(2)7(3)19-10-15-8(17-11)14-9(16-10)18-5-12-4-13-18/h4-7H,11H2,1-3H3,(H,14,15,16,17). The van der Waals surface area contributed by atoms with Gasteiger partial charge in [0, 0.05) is 0 Å². The van der Waals surface area contributed by atoms with Crippen molar-refractivity contribution in [2.24, 2.45) is 11.8 Å². The molecule has 0 aromatic carbocycles. The molecule has 0 aliphatic rings. The topological polar surface area (TPSA) is 117 Å². The molecule has 0 fully saturated rings. The second-order valence-electron chi connectivity index (χ2n) is 4.29. The molecule has 102 valence electrons. The summed E-state index contributed by atoms with van der Waals surface area (Å²) in [5.74, 6) is 6.15. The molecule has 19 heavy (non-hydrogen) atoms. The first-order chi connectivity index (χ1) is 9.10. The van der Waals surface area contributed by atoms with Crippen molar-refractivity contribution in [1.82, 2.24) is 29.7 Å². The zero-order valence-corrected chi connectivity index (χ0v) is 11.0. The Bertz CT molecular complexity index is 526. The highest BCUT2D eigenvalue weighted by molar-refractivity contribution is 5.28. The molecule has 0 spiro atoms. The van der Waals surface area contributed by atoms with Crippen LogP contribution in [-0.4, -0.2) is 35.8 Å². The smallest absolute Gasteiger partial charge is 0.323 e. The molecule has 0 radical (unpaired) electrons. The van der Waals surface area contributed by atoms with E-state index >= 15 is 0 Å². The summed E-state index contributed by atoms with van der Waals surface area (Å²) in [6.07, 6.45) is 2.83. The molecule has 9 nitrogen and oxygen atoms in total. The first-order valence-electron chi connectivity index (χ1n) is 5.84. The highest BCUT2D eigenvalue weighted by Crippen LogP contribution is 2.13. The van der Waals surface area contributed by atoms with Crippen LogP contribution in [0.25, 0.3) is 5.95 Å². The first-order valence-corrected chi connectivity index (χ1v) is 5.84.